The van der Waals surface area contributed by atoms with Gasteiger partial charge in [-0.3, -0.25) is 4.79 Å². The first-order chi connectivity index (χ1) is 8.70. The van der Waals surface area contributed by atoms with Crippen molar-refractivity contribution in [1.29, 1.82) is 5.26 Å². The molecular weight excluding hydrogens is 249 g/mol. The van der Waals surface area contributed by atoms with Crippen LogP contribution in [0.3, 0.4) is 0 Å². The quantitative estimate of drug-likeness (QED) is 0.478. The molecule has 2 nitrogen and oxygen atoms in total. The zero-order valence-electron chi connectivity index (χ0n) is 9.26. The van der Waals surface area contributed by atoms with Crippen LogP contribution in [0.15, 0.2) is 46.7 Å². The number of thiophene rings is 1. The highest BCUT2D eigenvalue weighted by Crippen LogP contribution is 2.15. The third-order valence-electron chi connectivity index (χ3n) is 2.33. The van der Waals surface area contributed by atoms with Crippen LogP contribution in [0.4, 0.5) is 4.39 Å². The van der Waals surface area contributed by atoms with Gasteiger partial charge >= 0.3 is 0 Å². The van der Waals surface area contributed by atoms with Crippen LogP contribution in [0.2, 0.25) is 0 Å². The van der Waals surface area contributed by atoms with Gasteiger partial charge in [-0.05, 0) is 35.2 Å². The largest absolute Gasteiger partial charge is 0.288 e. The number of nitrogens with zero attached hydrogens (tertiary/aromatic N) is 1. The normalized spacial score (nSPS) is 11.0. The van der Waals surface area contributed by atoms with Gasteiger partial charge < -0.3 is 0 Å². The summed E-state index contributed by atoms with van der Waals surface area (Å²) in [4.78, 5) is 12.0. The number of Topliss-reactive ketones (excluding diaryl/α,β-unsaturated/α-hetero) is 1. The second kappa shape index (κ2) is 5.39. The standard InChI is InChI=1S/C14H8FNOS/c15-13-3-1-10(2-4-13)7-12(8-16)14(17)11-5-6-18-9-11/h1-7,9H/b12-7+. The fourth-order valence-electron chi connectivity index (χ4n) is 1.42. The summed E-state index contributed by atoms with van der Waals surface area (Å²) < 4.78 is 12.7. The number of ketones is 1. The van der Waals surface area contributed by atoms with Gasteiger partial charge in [0.05, 0.1) is 0 Å². The summed E-state index contributed by atoms with van der Waals surface area (Å²) in [6, 6.07) is 9.16. The minimum atomic E-state index is -0.352. The molecule has 0 atom stereocenters. The van der Waals surface area contributed by atoms with E-state index in [0.29, 0.717) is 11.1 Å². The first-order valence-electron chi connectivity index (χ1n) is 5.15. The molecule has 18 heavy (non-hydrogen) atoms. The molecule has 1 heterocycles. The minimum absolute atomic E-state index is 0.0417. The molecule has 0 saturated heterocycles. The van der Waals surface area contributed by atoms with E-state index in [1.54, 1.807) is 16.8 Å². The van der Waals surface area contributed by atoms with E-state index in [2.05, 4.69) is 0 Å². The lowest BCUT2D eigenvalue weighted by Crippen LogP contribution is -1.99. The van der Waals surface area contributed by atoms with E-state index < -0.39 is 0 Å². The molecule has 4 heteroatoms. The summed E-state index contributed by atoms with van der Waals surface area (Å²) in [7, 11) is 0. The molecule has 0 bridgehead atoms. The Morgan fingerprint density at radius 1 is 1.28 bits per heavy atom. The summed E-state index contributed by atoms with van der Waals surface area (Å²) in [6.45, 7) is 0. The van der Waals surface area contributed by atoms with E-state index in [0.717, 1.165) is 0 Å². The van der Waals surface area contributed by atoms with E-state index in [1.807, 2.05) is 6.07 Å². The first kappa shape index (κ1) is 12.2. The molecule has 1 aromatic carbocycles. The molecule has 0 fully saturated rings. The summed E-state index contributed by atoms with van der Waals surface area (Å²) >= 11 is 1.40. The van der Waals surface area contributed by atoms with Crippen molar-refractivity contribution < 1.29 is 9.18 Å². The number of rotatable bonds is 3. The lowest BCUT2D eigenvalue weighted by Gasteiger charge is -1.97. The molecular formula is C14H8FNOS. The molecule has 0 amide bonds. The zero-order valence-corrected chi connectivity index (χ0v) is 10.1. The molecule has 0 aliphatic carbocycles. The van der Waals surface area contributed by atoms with Crippen LogP contribution < -0.4 is 0 Å². The number of benzene rings is 1. The summed E-state index contributed by atoms with van der Waals surface area (Å²) in [5, 5.41) is 12.5. The molecule has 2 aromatic rings. The second-order valence-electron chi connectivity index (χ2n) is 3.56. The van der Waals surface area contributed by atoms with Crippen LogP contribution >= 0.6 is 11.3 Å². The van der Waals surface area contributed by atoms with Crippen molar-refractivity contribution in [2.45, 2.75) is 0 Å². The third kappa shape index (κ3) is 2.70. The van der Waals surface area contributed by atoms with Gasteiger partial charge in [-0.25, -0.2) is 4.39 Å². The Morgan fingerprint density at radius 2 is 2.00 bits per heavy atom. The van der Waals surface area contributed by atoms with Crippen molar-refractivity contribution in [3.63, 3.8) is 0 Å². The van der Waals surface area contributed by atoms with Crippen LogP contribution in [0, 0.1) is 17.1 Å². The number of halogens is 1. The summed E-state index contributed by atoms with van der Waals surface area (Å²) in [5.74, 6) is -0.669. The monoisotopic (exact) mass is 257 g/mol. The molecule has 0 unspecified atom stereocenters. The van der Waals surface area contributed by atoms with Crippen molar-refractivity contribution in [3.8, 4) is 6.07 Å². The van der Waals surface area contributed by atoms with Gasteiger partial charge in [0.15, 0.2) is 0 Å². The van der Waals surface area contributed by atoms with Crippen LogP contribution in [0.1, 0.15) is 15.9 Å². The van der Waals surface area contributed by atoms with Crippen molar-refractivity contribution >= 4 is 23.2 Å². The molecule has 0 aliphatic heterocycles. The van der Waals surface area contributed by atoms with Gasteiger partial charge in [0.1, 0.15) is 17.5 Å². The van der Waals surface area contributed by atoms with Gasteiger partial charge in [-0.1, -0.05) is 12.1 Å². The van der Waals surface area contributed by atoms with Gasteiger partial charge in [-0.15, -0.1) is 0 Å². The smallest absolute Gasteiger partial charge is 0.204 e. The SMILES string of the molecule is N#C/C(=C\c1ccc(F)cc1)C(=O)c1ccsc1. The predicted octanol–water partition coefficient (Wildman–Crippen LogP) is 3.68. The molecule has 2 rings (SSSR count). The number of nitriles is 1. The molecule has 0 N–H and O–H groups in total. The van der Waals surface area contributed by atoms with Crippen LogP contribution in [0.25, 0.3) is 6.08 Å². The summed E-state index contributed by atoms with van der Waals surface area (Å²) in [5.41, 5.74) is 1.16. The topological polar surface area (TPSA) is 40.9 Å². The highest BCUT2D eigenvalue weighted by Gasteiger charge is 2.12. The number of hydrogen-bond donors (Lipinski definition) is 0. The van der Waals surface area contributed by atoms with Gasteiger partial charge in [0.25, 0.3) is 0 Å². The average Bonchev–Trinajstić information content (AvgIpc) is 2.91. The molecule has 0 saturated carbocycles. The zero-order chi connectivity index (χ0) is 13.0. The average molecular weight is 257 g/mol. The third-order valence-corrected chi connectivity index (χ3v) is 3.01. The Labute approximate surface area is 108 Å². The fourth-order valence-corrected chi connectivity index (χ4v) is 2.06. The lowest BCUT2D eigenvalue weighted by atomic mass is 10.0. The van der Waals surface area contributed by atoms with Crippen molar-refractivity contribution in [1.82, 2.24) is 0 Å². The highest BCUT2D eigenvalue weighted by atomic mass is 32.1. The van der Waals surface area contributed by atoms with Gasteiger partial charge in [-0.2, -0.15) is 16.6 Å². The number of hydrogen-bond acceptors (Lipinski definition) is 3. The van der Waals surface area contributed by atoms with E-state index in [-0.39, 0.29) is 17.2 Å². The maximum absolute atomic E-state index is 12.7. The number of carbonyl (C=O) groups is 1. The fraction of sp³-hybridized carbons (Fsp3) is 0. The Kier molecular flexibility index (Phi) is 3.66. The van der Waals surface area contributed by atoms with E-state index in [4.69, 9.17) is 5.26 Å². The Bertz CT molecular complexity index is 621. The summed E-state index contributed by atoms with van der Waals surface area (Å²) in [6.07, 6.45) is 1.46. The highest BCUT2D eigenvalue weighted by molar-refractivity contribution is 7.08. The van der Waals surface area contributed by atoms with Crippen LogP contribution in [-0.4, -0.2) is 5.78 Å². The van der Waals surface area contributed by atoms with E-state index in [1.165, 1.54) is 41.7 Å². The predicted molar refractivity (Wildman–Crippen MR) is 68.6 cm³/mol. The Balaban J connectivity index is 2.32. The molecule has 0 aliphatic rings. The molecule has 1 aromatic heterocycles. The van der Waals surface area contributed by atoms with E-state index >= 15 is 0 Å². The van der Waals surface area contributed by atoms with E-state index in [9.17, 15) is 9.18 Å². The second-order valence-corrected chi connectivity index (χ2v) is 4.34. The minimum Gasteiger partial charge on any atom is -0.288 e. The van der Waals surface area contributed by atoms with Gasteiger partial charge in [0.2, 0.25) is 5.78 Å². The molecule has 88 valence electrons. The van der Waals surface area contributed by atoms with Crippen molar-refractivity contribution in [2.75, 3.05) is 0 Å². The maximum Gasteiger partial charge on any atom is 0.204 e. The maximum atomic E-state index is 12.7. The lowest BCUT2D eigenvalue weighted by molar-refractivity contribution is 0.104. The van der Waals surface area contributed by atoms with Crippen LogP contribution in [-0.2, 0) is 0 Å². The Morgan fingerprint density at radius 3 is 2.56 bits per heavy atom. The Hall–Kier alpha value is -2.25. The van der Waals surface area contributed by atoms with Crippen molar-refractivity contribution in [2.24, 2.45) is 0 Å². The van der Waals surface area contributed by atoms with Gasteiger partial charge in [0, 0.05) is 10.9 Å². The first-order valence-corrected chi connectivity index (χ1v) is 6.09. The van der Waals surface area contributed by atoms with Crippen molar-refractivity contribution in [3.05, 3.63) is 63.6 Å². The molecule has 0 radical (unpaired) electrons. The number of carbonyl (C=O) groups excluding carboxylic acids is 1. The van der Waals surface area contributed by atoms with Crippen LogP contribution in [0.5, 0.6) is 0 Å². The number of allylic oxidation sites excluding steroid dienone is 1. The molecule has 0 spiro atoms.